The van der Waals surface area contributed by atoms with E-state index in [-0.39, 0.29) is 11.8 Å². The molecule has 158 valence electrons. The van der Waals surface area contributed by atoms with E-state index < -0.39 is 5.60 Å². The predicted octanol–water partition coefficient (Wildman–Crippen LogP) is 3.12. The fourth-order valence-corrected chi connectivity index (χ4v) is 4.12. The molecule has 0 unspecified atom stereocenters. The highest BCUT2D eigenvalue weighted by Crippen LogP contribution is 2.33. The molecule has 0 radical (unpaired) electrons. The van der Waals surface area contributed by atoms with Crippen LogP contribution in [0.3, 0.4) is 0 Å². The van der Waals surface area contributed by atoms with E-state index in [4.69, 9.17) is 9.47 Å². The molecule has 1 fully saturated rings. The van der Waals surface area contributed by atoms with Crippen molar-refractivity contribution in [2.75, 3.05) is 26.2 Å². The number of aryl methyl sites for hydroxylation is 1. The molecule has 1 N–H and O–H groups in total. The van der Waals surface area contributed by atoms with E-state index in [9.17, 15) is 9.59 Å². The molecular formula is C24H28N2O4. The number of benzene rings is 2. The first kappa shape index (κ1) is 20.3. The molecule has 1 saturated heterocycles. The van der Waals surface area contributed by atoms with Gasteiger partial charge in [0.1, 0.15) is 17.1 Å². The summed E-state index contributed by atoms with van der Waals surface area (Å²) in [5.41, 5.74) is 2.12. The highest BCUT2D eigenvalue weighted by molar-refractivity contribution is 5.97. The summed E-state index contributed by atoms with van der Waals surface area (Å²) in [6.45, 7) is 6.23. The summed E-state index contributed by atoms with van der Waals surface area (Å²) in [4.78, 5) is 27.1. The highest BCUT2D eigenvalue weighted by atomic mass is 16.5. The van der Waals surface area contributed by atoms with Crippen molar-refractivity contribution in [1.29, 1.82) is 0 Å². The van der Waals surface area contributed by atoms with Gasteiger partial charge in [0.15, 0.2) is 0 Å². The van der Waals surface area contributed by atoms with Crippen LogP contribution in [0.5, 0.6) is 11.5 Å². The van der Waals surface area contributed by atoms with Gasteiger partial charge in [-0.3, -0.25) is 9.59 Å². The Morgan fingerprint density at radius 3 is 2.60 bits per heavy atom. The fraction of sp³-hybridized carbons (Fsp3) is 0.417. The number of hydrogen-bond acceptors (Lipinski definition) is 4. The largest absolute Gasteiger partial charge is 0.494 e. The van der Waals surface area contributed by atoms with E-state index >= 15 is 0 Å². The van der Waals surface area contributed by atoms with Gasteiger partial charge in [-0.25, -0.2) is 0 Å². The lowest BCUT2D eigenvalue weighted by atomic mass is 9.90. The van der Waals surface area contributed by atoms with Crippen LogP contribution in [0.1, 0.15) is 41.3 Å². The molecule has 6 heteroatoms. The minimum absolute atomic E-state index is 0.0976. The molecule has 1 spiro atoms. The Morgan fingerprint density at radius 2 is 1.90 bits per heavy atom. The Hall–Kier alpha value is -3.02. The van der Waals surface area contributed by atoms with Crippen LogP contribution >= 0.6 is 0 Å². The summed E-state index contributed by atoms with van der Waals surface area (Å²) in [5.74, 6) is 1.46. The number of nitrogens with zero attached hydrogens (tertiary/aromatic N) is 1. The third kappa shape index (κ3) is 4.27. The summed E-state index contributed by atoms with van der Waals surface area (Å²) >= 11 is 0. The average molecular weight is 408 g/mol. The summed E-state index contributed by atoms with van der Waals surface area (Å²) in [6.07, 6.45) is 1.75. The molecule has 2 aromatic rings. The van der Waals surface area contributed by atoms with E-state index in [0.717, 1.165) is 16.9 Å². The Kier molecular flexibility index (Phi) is 5.66. The van der Waals surface area contributed by atoms with Gasteiger partial charge in [0.2, 0.25) is 5.91 Å². The standard InChI is InChI=1S/C24H28N2O4/c1-3-29-19-7-5-18(6-8-19)15-22(27)26-12-10-24(11-13-26)16-25-23(28)20-14-17(2)4-9-21(20)30-24/h4-9,14H,3,10-13,15-16H2,1-2H3,(H,25,28). The zero-order valence-corrected chi connectivity index (χ0v) is 17.6. The van der Waals surface area contributed by atoms with Crippen molar-refractivity contribution in [2.24, 2.45) is 0 Å². The number of carbonyl (C=O) groups is 2. The third-order valence-electron chi connectivity index (χ3n) is 5.89. The van der Waals surface area contributed by atoms with E-state index in [2.05, 4.69) is 5.32 Å². The van der Waals surface area contributed by atoms with Gasteiger partial charge in [-0.2, -0.15) is 0 Å². The van der Waals surface area contributed by atoms with E-state index in [1.807, 2.05) is 61.2 Å². The topological polar surface area (TPSA) is 67.9 Å². The van der Waals surface area contributed by atoms with Gasteiger partial charge in [-0.1, -0.05) is 23.8 Å². The Morgan fingerprint density at radius 1 is 1.17 bits per heavy atom. The van der Waals surface area contributed by atoms with Crippen LogP contribution in [0.15, 0.2) is 42.5 Å². The number of likely N-dealkylation sites (tertiary alicyclic amines) is 1. The minimum Gasteiger partial charge on any atom is -0.494 e. The molecule has 2 aliphatic rings. The van der Waals surface area contributed by atoms with Gasteiger partial charge in [0, 0.05) is 25.9 Å². The molecule has 0 bridgehead atoms. The van der Waals surface area contributed by atoms with Crippen molar-refractivity contribution in [3.8, 4) is 11.5 Å². The monoisotopic (exact) mass is 408 g/mol. The molecular weight excluding hydrogens is 380 g/mol. The number of hydrogen-bond donors (Lipinski definition) is 1. The van der Waals surface area contributed by atoms with E-state index in [1.54, 1.807) is 0 Å². The smallest absolute Gasteiger partial charge is 0.255 e. The maximum atomic E-state index is 12.8. The summed E-state index contributed by atoms with van der Waals surface area (Å²) < 4.78 is 11.8. The Bertz CT molecular complexity index is 931. The normalized spacial score (nSPS) is 17.5. The van der Waals surface area contributed by atoms with Crippen LogP contribution < -0.4 is 14.8 Å². The zero-order valence-electron chi connectivity index (χ0n) is 17.6. The first-order chi connectivity index (χ1) is 14.5. The van der Waals surface area contributed by atoms with Crippen molar-refractivity contribution in [2.45, 2.75) is 38.7 Å². The molecule has 2 aliphatic heterocycles. The van der Waals surface area contributed by atoms with Gasteiger partial charge in [-0.05, 0) is 43.7 Å². The van der Waals surface area contributed by atoms with Gasteiger partial charge in [0.25, 0.3) is 5.91 Å². The number of ether oxygens (including phenoxy) is 2. The van der Waals surface area contributed by atoms with Gasteiger partial charge < -0.3 is 19.7 Å². The first-order valence-electron chi connectivity index (χ1n) is 10.6. The third-order valence-corrected chi connectivity index (χ3v) is 5.89. The zero-order chi connectivity index (χ0) is 21.1. The van der Waals surface area contributed by atoms with E-state index in [1.165, 1.54) is 0 Å². The lowest BCUT2D eigenvalue weighted by Crippen LogP contribution is -2.54. The highest BCUT2D eigenvalue weighted by Gasteiger charge is 2.40. The molecule has 2 aromatic carbocycles. The van der Waals surface area contributed by atoms with Crippen LogP contribution in [-0.2, 0) is 11.2 Å². The number of piperidine rings is 1. The van der Waals surface area contributed by atoms with Crippen molar-refractivity contribution in [1.82, 2.24) is 10.2 Å². The van der Waals surface area contributed by atoms with Crippen molar-refractivity contribution < 1.29 is 19.1 Å². The number of nitrogens with one attached hydrogen (secondary N) is 1. The summed E-state index contributed by atoms with van der Waals surface area (Å²) in [7, 11) is 0. The van der Waals surface area contributed by atoms with Crippen LogP contribution in [0.4, 0.5) is 0 Å². The first-order valence-corrected chi connectivity index (χ1v) is 10.6. The lowest BCUT2D eigenvalue weighted by molar-refractivity contribution is -0.133. The average Bonchev–Trinajstić information content (AvgIpc) is 2.87. The second kappa shape index (κ2) is 8.38. The van der Waals surface area contributed by atoms with Crippen molar-refractivity contribution >= 4 is 11.8 Å². The molecule has 0 aliphatic carbocycles. The van der Waals surface area contributed by atoms with Crippen LogP contribution in [0.25, 0.3) is 0 Å². The van der Waals surface area contributed by atoms with Crippen LogP contribution in [0.2, 0.25) is 0 Å². The number of amides is 2. The maximum absolute atomic E-state index is 12.8. The lowest BCUT2D eigenvalue weighted by Gasteiger charge is -2.41. The Balaban J connectivity index is 1.38. The summed E-state index contributed by atoms with van der Waals surface area (Å²) in [6, 6.07) is 13.4. The second-order valence-corrected chi connectivity index (χ2v) is 8.10. The van der Waals surface area contributed by atoms with Crippen LogP contribution in [0, 0.1) is 6.92 Å². The van der Waals surface area contributed by atoms with Gasteiger partial charge >= 0.3 is 0 Å². The number of carbonyl (C=O) groups excluding carboxylic acids is 2. The molecule has 30 heavy (non-hydrogen) atoms. The fourth-order valence-electron chi connectivity index (χ4n) is 4.12. The Labute approximate surface area is 177 Å². The van der Waals surface area contributed by atoms with Crippen molar-refractivity contribution in [3.05, 3.63) is 59.2 Å². The SMILES string of the molecule is CCOc1ccc(CC(=O)N2CCC3(CC2)CNC(=O)c2cc(C)ccc2O3)cc1. The number of rotatable bonds is 4. The predicted molar refractivity (Wildman–Crippen MR) is 114 cm³/mol. The molecule has 2 amide bonds. The molecule has 0 saturated carbocycles. The van der Waals surface area contributed by atoms with E-state index in [0.29, 0.717) is 56.8 Å². The second-order valence-electron chi connectivity index (χ2n) is 8.10. The quantitative estimate of drug-likeness (QED) is 0.844. The van der Waals surface area contributed by atoms with Gasteiger partial charge in [-0.15, -0.1) is 0 Å². The van der Waals surface area contributed by atoms with Gasteiger partial charge in [0.05, 0.1) is 25.1 Å². The maximum Gasteiger partial charge on any atom is 0.255 e. The molecule has 0 atom stereocenters. The summed E-state index contributed by atoms with van der Waals surface area (Å²) in [5, 5.41) is 3.01. The number of fused-ring (bicyclic) bond motifs is 1. The van der Waals surface area contributed by atoms with Crippen LogP contribution in [-0.4, -0.2) is 48.6 Å². The molecule has 6 nitrogen and oxygen atoms in total. The molecule has 0 aromatic heterocycles. The molecule has 4 rings (SSSR count). The minimum atomic E-state index is -0.466. The van der Waals surface area contributed by atoms with Crippen molar-refractivity contribution in [3.63, 3.8) is 0 Å². The molecule has 2 heterocycles.